The lowest BCUT2D eigenvalue weighted by molar-refractivity contribution is -0.159. The molecular formula is C18H21N3O5S2. The largest absolute Gasteiger partial charge is 0.493 e. The van der Waals surface area contributed by atoms with Crippen molar-refractivity contribution in [2.75, 3.05) is 32.5 Å². The summed E-state index contributed by atoms with van der Waals surface area (Å²) in [6.07, 6.45) is 3.38. The van der Waals surface area contributed by atoms with E-state index in [4.69, 9.17) is 24.5 Å². The van der Waals surface area contributed by atoms with Gasteiger partial charge in [0.25, 0.3) is 0 Å². The third-order valence-corrected chi connectivity index (χ3v) is 5.19. The Morgan fingerprint density at radius 1 is 1.21 bits per heavy atom. The molecular weight excluding hydrogens is 402 g/mol. The number of rotatable bonds is 6. The second-order valence-corrected chi connectivity index (χ2v) is 7.41. The third-order valence-electron chi connectivity index (χ3n) is 3.62. The number of thioether (sulfide) groups is 1. The summed E-state index contributed by atoms with van der Waals surface area (Å²) in [6, 6.07) is 9.91. The molecule has 1 aromatic heterocycles. The number of carboxylic acid groups (broad SMARTS) is 2. The number of hydrogen-bond acceptors (Lipinski definition) is 8. The van der Waals surface area contributed by atoms with E-state index in [2.05, 4.69) is 26.8 Å². The van der Waals surface area contributed by atoms with E-state index in [1.165, 1.54) is 17.3 Å². The van der Waals surface area contributed by atoms with E-state index in [0.717, 1.165) is 41.7 Å². The molecule has 0 fully saturated rings. The molecule has 8 nitrogen and oxygen atoms in total. The average molecular weight is 424 g/mol. The van der Waals surface area contributed by atoms with Gasteiger partial charge in [0.2, 0.25) is 0 Å². The zero-order chi connectivity index (χ0) is 20.4. The van der Waals surface area contributed by atoms with Gasteiger partial charge in [-0.25, -0.2) is 9.59 Å². The summed E-state index contributed by atoms with van der Waals surface area (Å²) in [5.41, 5.74) is 2.36. The van der Waals surface area contributed by atoms with Crippen molar-refractivity contribution in [1.29, 1.82) is 0 Å². The van der Waals surface area contributed by atoms with Crippen LogP contribution in [0.15, 0.2) is 41.4 Å². The second-order valence-electron chi connectivity index (χ2n) is 5.79. The minimum absolute atomic E-state index is 0.671. The van der Waals surface area contributed by atoms with Crippen molar-refractivity contribution in [2.45, 2.75) is 11.4 Å². The molecule has 0 unspecified atom stereocenters. The van der Waals surface area contributed by atoms with Gasteiger partial charge in [0.15, 0.2) is 0 Å². The quantitative estimate of drug-likeness (QED) is 0.411. The molecule has 2 N–H and O–H groups in total. The molecule has 3 rings (SSSR count). The minimum Gasteiger partial charge on any atom is -0.493 e. The molecule has 28 heavy (non-hydrogen) atoms. The van der Waals surface area contributed by atoms with Crippen LogP contribution >= 0.6 is 23.5 Å². The highest BCUT2D eigenvalue weighted by molar-refractivity contribution is 7.99. The van der Waals surface area contributed by atoms with Crippen LogP contribution in [0.4, 0.5) is 0 Å². The van der Waals surface area contributed by atoms with E-state index in [1.807, 2.05) is 30.3 Å². The predicted octanol–water partition coefficient (Wildman–Crippen LogP) is 2.58. The fourth-order valence-electron chi connectivity index (χ4n) is 2.35. The van der Waals surface area contributed by atoms with Crippen molar-refractivity contribution in [3.8, 4) is 5.75 Å². The van der Waals surface area contributed by atoms with Crippen LogP contribution in [0.1, 0.15) is 12.1 Å². The predicted molar refractivity (Wildman–Crippen MR) is 108 cm³/mol. The van der Waals surface area contributed by atoms with Crippen LogP contribution in [0.2, 0.25) is 0 Å². The number of ether oxygens (including phenoxy) is 1. The molecule has 0 amide bonds. The Balaban J connectivity index is 0.000000409. The summed E-state index contributed by atoms with van der Waals surface area (Å²) in [6.45, 7) is 2.75. The average Bonchev–Trinajstić information content (AvgIpc) is 3.15. The first-order valence-corrected chi connectivity index (χ1v) is 10.2. The first-order chi connectivity index (χ1) is 13.5. The van der Waals surface area contributed by atoms with E-state index in [1.54, 1.807) is 11.8 Å². The highest BCUT2D eigenvalue weighted by Gasteiger charge is 2.17. The van der Waals surface area contributed by atoms with Crippen LogP contribution in [0.25, 0.3) is 5.57 Å². The number of carboxylic acids is 2. The van der Waals surface area contributed by atoms with Crippen LogP contribution < -0.4 is 4.74 Å². The lowest BCUT2D eigenvalue weighted by Gasteiger charge is -2.22. The van der Waals surface area contributed by atoms with Crippen molar-refractivity contribution >= 4 is 41.0 Å². The van der Waals surface area contributed by atoms with Gasteiger partial charge in [-0.1, -0.05) is 36.0 Å². The van der Waals surface area contributed by atoms with Crippen LogP contribution in [-0.2, 0) is 9.59 Å². The Labute approximate surface area is 171 Å². The highest BCUT2D eigenvalue weighted by Crippen LogP contribution is 2.28. The molecule has 0 radical (unpaired) electrons. The number of benzene rings is 1. The Hall–Kier alpha value is -2.43. The summed E-state index contributed by atoms with van der Waals surface area (Å²) in [5, 5.41) is 15.8. The fraction of sp³-hybridized carbons (Fsp3) is 0.333. The first-order valence-electron chi connectivity index (χ1n) is 8.44. The lowest BCUT2D eigenvalue weighted by atomic mass is 10.1. The topological polar surface area (TPSA) is 113 Å². The van der Waals surface area contributed by atoms with Gasteiger partial charge in [-0.2, -0.15) is 8.75 Å². The fourth-order valence-corrected chi connectivity index (χ4v) is 3.88. The third kappa shape index (κ3) is 7.29. The molecule has 0 saturated heterocycles. The molecule has 150 valence electrons. The SMILES string of the molecule is CN1CCC=C(c2nsnc2SCCOc2ccccc2)C1.O=C(O)C(=O)O. The number of hydrogen-bond donors (Lipinski definition) is 2. The van der Waals surface area contributed by atoms with E-state index in [0.29, 0.717) is 6.61 Å². The van der Waals surface area contributed by atoms with Crippen molar-refractivity contribution in [1.82, 2.24) is 13.6 Å². The van der Waals surface area contributed by atoms with Gasteiger partial charge < -0.3 is 19.8 Å². The highest BCUT2D eigenvalue weighted by atomic mass is 32.2. The summed E-state index contributed by atoms with van der Waals surface area (Å²) in [4.78, 5) is 20.5. The summed E-state index contributed by atoms with van der Waals surface area (Å²) < 4.78 is 14.6. The Bertz CT molecular complexity index is 799. The van der Waals surface area contributed by atoms with Crippen molar-refractivity contribution in [2.24, 2.45) is 0 Å². The summed E-state index contributed by atoms with van der Waals surface area (Å²) in [7, 11) is 2.15. The van der Waals surface area contributed by atoms with Crippen LogP contribution in [-0.4, -0.2) is 68.3 Å². The Morgan fingerprint density at radius 2 is 1.93 bits per heavy atom. The molecule has 0 atom stereocenters. The van der Waals surface area contributed by atoms with E-state index in [-0.39, 0.29) is 0 Å². The van der Waals surface area contributed by atoms with Gasteiger partial charge in [-0.05, 0) is 31.2 Å². The number of aromatic nitrogens is 2. The molecule has 2 heterocycles. The van der Waals surface area contributed by atoms with Gasteiger partial charge in [-0.3, -0.25) is 0 Å². The standard InChI is InChI=1S/C16H19N3OS2.C2H2O4/c1-19-9-5-6-13(12-19)15-16(18-22-17-15)21-11-10-20-14-7-3-2-4-8-14;3-1(4)2(5)6/h2-4,6-8H,5,9-12H2,1H3;(H,3,4)(H,5,6). The van der Waals surface area contributed by atoms with Crippen LogP contribution in [0, 0.1) is 0 Å². The summed E-state index contributed by atoms with van der Waals surface area (Å²) >= 11 is 3.01. The molecule has 0 aliphatic carbocycles. The number of aliphatic carboxylic acids is 2. The zero-order valence-electron chi connectivity index (χ0n) is 15.3. The van der Waals surface area contributed by atoms with E-state index in [9.17, 15) is 0 Å². The maximum atomic E-state index is 9.10. The Morgan fingerprint density at radius 3 is 2.57 bits per heavy atom. The van der Waals surface area contributed by atoms with Crippen LogP contribution in [0.5, 0.6) is 5.75 Å². The number of carbonyl (C=O) groups is 2. The van der Waals surface area contributed by atoms with Crippen molar-refractivity contribution < 1.29 is 24.5 Å². The normalized spacial score (nSPS) is 13.8. The van der Waals surface area contributed by atoms with E-state index < -0.39 is 11.9 Å². The molecule has 0 bridgehead atoms. The van der Waals surface area contributed by atoms with Crippen LogP contribution in [0.3, 0.4) is 0 Å². The number of para-hydroxylation sites is 1. The van der Waals surface area contributed by atoms with Crippen molar-refractivity contribution in [3.05, 3.63) is 42.1 Å². The molecule has 1 aromatic carbocycles. The molecule has 0 spiro atoms. The van der Waals surface area contributed by atoms with Gasteiger partial charge in [0, 0.05) is 18.8 Å². The van der Waals surface area contributed by atoms with Gasteiger partial charge in [-0.15, -0.1) is 0 Å². The Kier molecular flexibility index (Phi) is 8.92. The molecule has 0 saturated carbocycles. The molecule has 2 aromatic rings. The maximum Gasteiger partial charge on any atom is 0.414 e. The first kappa shape index (κ1) is 21.9. The van der Waals surface area contributed by atoms with Gasteiger partial charge >= 0.3 is 11.9 Å². The number of nitrogens with zero attached hydrogens (tertiary/aromatic N) is 3. The molecule has 1 aliphatic heterocycles. The smallest absolute Gasteiger partial charge is 0.414 e. The second kappa shape index (κ2) is 11.4. The van der Waals surface area contributed by atoms with Gasteiger partial charge in [0.05, 0.1) is 18.3 Å². The maximum absolute atomic E-state index is 9.10. The van der Waals surface area contributed by atoms with Crippen molar-refractivity contribution in [3.63, 3.8) is 0 Å². The summed E-state index contributed by atoms with van der Waals surface area (Å²) in [5.74, 6) is -1.86. The van der Waals surface area contributed by atoms with E-state index >= 15 is 0 Å². The zero-order valence-corrected chi connectivity index (χ0v) is 16.9. The molecule has 10 heteroatoms. The van der Waals surface area contributed by atoms with Gasteiger partial charge in [0.1, 0.15) is 16.5 Å². The molecule has 1 aliphatic rings. The minimum atomic E-state index is -1.82. The lowest BCUT2D eigenvalue weighted by Crippen LogP contribution is -2.25. The number of likely N-dealkylation sites (N-methyl/N-ethyl adjacent to an activating group) is 1. The monoisotopic (exact) mass is 423 g/mol.